The van der Waals surface area contributed by atoms with Crippen molar-refractivity contribution in [3.8, 4) is 0 Å². The first-order valence-corrected chi connectivity index (χ1v) is 9.11. The summed E-state index contributed by atoms with van der Waals surface area (Å²) in [6, 6.07) is 6.39. The maximum atomic E-state index is 12.8. The zero-order valence-electron chi connectivity index (χ0n) is 16.6. The number of aromatic nitrogens is 2. The van der Waals surface area contributed by atoms with E-state index in [0.29, 0.717) is 5.06 Å². The van der Waals surface area contributed by atoms with Gasteiger partial charge in [0.1, 0.15) is 17.5 Å². The minimum absolute atomic E-state index is 0.123. The summed E-state index contributed by atoms with van der Waals surface area (Å²) >= 11 is 0. The molecule has 1 N–H and O–H groups in total. The fourth-order valence-electron chi connectivity index (χ4n) is 2.66. The fourth-order valence-corrected chi connectivity index (χ4v) is 2.66. The van der Waals surface area contributed by atoms with Gasteiger partial charge in [0.25, 0.3) is 11.8 Å². The molecular weight excluding hydrogens is 392 g/mol. The number of nitrogens with one attached hydrogen (secondary N) is 1. The molecule has 1 aromatic carbocycles. The van der Waals surface area contributed by atoms with E-state index in [0.717, 1.165) is 0 Å². The topological polar surface area (TPSA) is 128 Å². The molecule has 0 aliphatic carbocycles. The van der Waals surface area contributed by atoms with E-state index < -0.39 is 35.5 Å². The molecule has 30 heavy (non-hydrogen) atoms. The van der Waals surface area contributed by atoms with Crippen LogP contribution in [-0.4, -0.2) is 50.6 Å². The highest BCUT2D eigenvalue weighted by atomic mass is 16.7. The van der Waals surface area contributed by atoms with Crippen molar-refractivity contribution in [2.45, 2.75) is 38.8 Å². The Hall–Kier alpha value is -3.82. The molecule has 156 valence electrons. The van der Waals surface area contributed by atoms with Crippen LogP contribution in [0.2, 0.25) is 0 Å². The molecule has 0 spiro atoms. The van der Waals surface area contributed by atoms with Gasteiger partial charge in [0.05, 0.1) is 11.1 Å². The third-order valence-corrected chi connectivity index (χ3v) is 3.92. The average molecular weight is 412 g/mol. The summed E-state index contributed by atoms with van der Waals surface area (Å²) in [6.07, 6.45) is 1.94. The van der Waals surface area contributed by atoms with Gasteiger partial charge in [0, 0.05) is 18.8 Å². The first-order chi connectivity index (χ1) is 14.2. The number of nitrogens with zero attached hydrogens (tertiary/aromatic N) is 3. The highest BCUT2D eigenvalue weighted by molar-refractivity contribution is 6.20. The summed E-state index contributed by atoms with van der Waals surface area (Å²) in [5.74, 6) is -2.33. The van der Waals surface area contributed by atoms with Crippen LogP contribution in [0.1, 0.15) is 47.3 Å². The van der Waals surface area contributed by atoms with Gasteiger partial charge < -0.3 is 14.9 Å². The lowest BCUT2D eigenvalue weighted by atomic mass is 10.1. The number of hydroxylamine groups is 2. The fraction of sp³-hybridized carbons (Fsp3) is 0.300. The molecule has 0 radical (unpaired) electrons. The second kappa shape index (κ2) is 8.27. The highest BCUT2D eigenvalue weighted by Crippen LogP contribution is 2.23. The third-order valence-electron chi connectivity index (χ3n) is 3.92. The van der Waals surface area contributed by atoms with Crippen LogP contribution >= 0.6 is 0 Å². The van der Waals surface area contributed by atoms with Crippen molar-refractivity contribution in [2.75, 3.05) is 0 Å². The van der Waals surface area contributed by atoms with Gasteiger partial charge in [0.15, 0.2) is 0 Å². The number of carbonyl (C=O) groups is 4. The minimum atomic E-state index is -1.30. The maximum absolute atomic E-state index is 12.8. The van der Waals surface area contributed by atoms with Gasteiger partial charge in [0.2, 0.25) is 0 Å². The van der Waals surface area contributed by atoms with Crippen LogP contribution in [0.25, 0.3) is 0 Å². The van der Waals surface area contributed by atoms with Gasteiger partial charge in [-0.05, 0) is 39.0 Å². The van der Waals surface area contributed by atoms with Gasteiger partial charge in [-0.1, -0.05) is 17.2 Å². The van der Waals surface area contributed by atoms with E-state index in [2.05, 4.69) is 15.3 Å². The number of carbonyl (C=O) groups excluding carboxylic acids is 4. The summed E-state index contributed by atoms with van der Waals surface area (Å²) < 4.78 is 5.17. The molecule has 3 amide bonds. The molecule has 0 saturated heterocycles. The maximum Gasteiger partial charge on any atom is 0.408 e. The van der Waals surface area contributed by atoms with E-state index in [1.165, 1.54) is 24.5 Å². The van der Waals surface area contributed by atoms with Crippen LogP contribution in [0, 0.1) is 0 Å². The molecule has 10 heteroatoms. The Morgan fingerprint density at radius 1 is 1.03 bits per heavy atom. The molecule has 10 nitrogen and oxygen atoms in total. The lowest BCUT2D eigenvalue weighted by Gasteiger charge is -2.23. The molecule has 0 fully saturated rings. The van der Waals surface area contributed by atoms with Crippen molar-refractivity contribution < 1.29 is 28.8 Å². The Labute approximate surface area is 172 Å². The monoisotopic (exact) mass is 412 g/mol. The molecule has 2 heterocycles. The predicted octanol–water partition coefficient (Wildman–Crippen LogP) is 1.67. The van der Waals surface area contributed by atoms with Crippen LogP contribution < -0.4 is 5.32 Å². The number of hydrogen-bond acceptors (Lipinski definition) is 8. The van der Waals surface area contributed by atoms with Crippen LogP contribution in [0.4, 0.5) is 4.79 Å². The molecule has 3 rings (SSSR count). The summed E-state index contributed by atoms with van der Waals surface area (Å²) in [7, 11) is 0. The number of hydrogen-bond donors (Lipinski definition) is 1. The molecule has 0 saturated carbocycles. The van der Waals surface area contributed by atoms with Crippen molar-refractivity contribution in [2.24, 2.45) is 0 Å². The first-order valence-electron chi connectivity index (χ1n) is 9.11. The van der Waals surface area contributed by atoms with E-state index in [9.17, 15) is 19.2 Å². The summed E-state index contributed by atoms with van der Waals surface area (Å²) in [6.45, 7) is 5.00. The zero-order chi connectivity index (χ0) is 21.9. The van der Waals surface area contributed by atoms with Crippen molar-refractivity contribution >= 4 is 23.9 Å². The molecule has 1 unspecified atom stereocenters. The van der Waals surface area contributed by atoms with Gasteiger partial charge >= 0.3 is 12.1 Å². The van der Waals surface area contributed by atoms with Crippen LogP contribution in [0.15, 0.2) is 42.7 Å². The first kappa shape index (κ1) is 20.9. The predicted molar refractivity (Wildman–Crippen MR) is 102 cm³/mol. The number of amides is 3. The molecule has 2 aromatic rings. The second-order valence-electron chi connectivity index (χ2n) is 7.43. The minimum Gasteiger partial charge on any atom is -0.444 e. The van der Waals surface area contributed by atoms with E-state index in [-0.39, 0.29) is 23.4 Å². The largest absolute Gasteiger partial charge is 0.444 e. The normalized spacial score (nSPS) is 14.2. The number of benzene rings is 1. The number of ether oxygens (including phenoxy) is 1. The van der Waals surface area contributed by atoms with E-state index >= 15 is 0 Å². The van der Waals surface area contributed by atoms with Crippen LogP contribution in [-0.2, 0) is 20.8 Å². The van der Waals surface area contributed by atoms with Gasteiger partial charge in [-0.25, -0.2) is 19.6 Å². The quantitative estimate of drug-likeness (QED) is 0.735. The van der Waals surface area contributed by atoms with Gasteiger partial charge in [-0.3, -0.25) is 9.59 Å². The molecular formula is C20H20N4O6. The lowest BCUT2D eigenvalue weighted by molar-refractivity contribution is -0.171. The molecule has 1 aliphatic rings. The lowest BCUT2D eigenvalue weighted by Crippen LogP contribution is -2.48. The van der Waals surface area contributed by atoms with E-state index in [1.807, 2.05) is 0 Å². The summed E-state index contributed by atoms with van der Waals surface area (Å²) in [4.78, 5) is 62.9. The summed E-state index contributed by atoms with van der Waals surface area (Å²) in [5.41, 5.74) is -0.554. The SMILES string of the molecule is CC(C)(C)OC(=O)NC(Cc1ncccn1)C(=O)ON1C(=O)c2ccccc2C1=O. The van der Waals surface area contributed by atoms with Crippen LogP contribution in [0.3, 0.4) is 0 Å². The number of alkyl carbamates (subject to hydrolysis) is 1. The highest BCUT2D eigenvalue weighted by Gasteiger charge is 2.40. The molecule has 1 aliphatic heterocycles. The molecule has 1 aromatic heterocycles. The number of imide groups is 1. The molecule has 1 atom stereocenters. The van der Waals surface area contributed by atoms with Crippen LogP contribution in [0.5, 0.6) is 0 Å². The van der Waals surface area contributed by atoms with Gasteiger partial charge in [-0.15, -0.1) is 0 Å². The smallest absolute Gasteiger partial charge is 0.408 e. The zero-order valence-corrected chi connectivity index (χ0v) is 16.6. The summed E-state index contributed by atoms with van der Waals surface area (Å²) in [5, 5.41) is 2.76. The van der Waals surface area contributed by atoms with Crippen molar-refractivity contribution in [1.29, 1.82) is 0 Å². The van der Waals surface area contributed by atoms with Crippen molar-refractivity contribution in [3.05, 3.63) is 59.7 Å². The van der Waals surface area contributed by atoms with E-state index in [4.69, 9.17) is 9.57 Å². The van der Waals surface area contributed by atoms with E-state index in [1.54, 1.807) is 39.0 Å². The molecule has 0 bridgehead atoms. The average Bonchev–Trinajstić information content (AvgIpc) is 2.92. The Morgan fingerprint density at radius 2 is 1.60 bits per heavy atom. The Balaban J connectivity index is 1.77. The second-order valence-corrected chi connectivity index (χ2v) is 7.43. The van der Waals surface area contributed by atoms with Gasteiger partial charge in [-0.2, -0.15) is 0 Å². The van der Waals surface area contributed by atoms with Crippen molar-refractivity contribution in [1.82, 2.24) is 20.3 Å². The number of fused-ring (bicyclic) bond motifs is 1. The Bertz CT molecular complexity index is 951. The Kier molecular flexibility index (Phi) is 5.77. The number of rotatable bonds is 5. The Morgan fingerprint density at radius 3 is 2.13 bits per heavy atom. The third kappa shape index (κ3) is 4.77. The van der Waals surface area contributed by atoms with Crippen molar-refractivity contribution in [3.63, 3.8) is 0 Å². The standard InChI is InChI=1S/C20H20N4O6/c1-20(2,3)29-19(28)23-14(11-15-21-9-6-10-22-15)18(27)30-24-16(25)12-7-4-5-8-13(12)17(24)26/h4-10,14H,11H2,1-3H3,(H,23,28).